The van der Waals surface area contributed by atoms with Crippen LogP contribution >= 0.6 is 11.6 Å². The first kappa shape index (κ1) is 21.7. The van der Waals surface area contributed by atoms with Gasteiger partial charge >= 0.3 is 0 Å². The molecule has 3 aromatic rings. The minimum Gasteiger partial charge on any atom is -0.497 e. The molecule has 2 amide bonds. The summed E-state index contributed by atoms with van der Waals surface area (Å²) in [6, 6.07) is 20.2. The maximum Gasteiger partial charge on any atom is 0.278 e. The number of nitrogens with one attached hydrogen (secondary N) is 1. The number of aryl methyl sites for hydroxylation is 2. The molecule has 0 aliphatic carbocycles. The third kappa shape index (κ3) is 4.12. The van der Waals surface area contributed by atoms with E-state index in [0.29, 0.717) is 27.5 Å². The van der Waals surface area contributed by atoms with E-state index in [9.17, 15) is 9.59 Å². The first-order chi connectivity index (χ1) is 15.4. The lowest BCUT2D eigenvalue weighted by Crippen LogP contribution is -2.32. The van der Waals surface area contributed by atoms with E-state index in [1.807, 2.05) is 50.2 Å². The molecule has 3 aromatic carbocycles. The normalized spacial score (nSPS) is 13.7. The lowest BCUT2D eigenvalue weighted by Gasteiger charge is -2.16. The van der Waals surface area contributed by atoms with Crippen LogP contribution in [0.15, 0.2) is 72.4 Å². The summed E-state index contributed by atoms with van der Waals surface area (Å²) in [6.45, 7) is 4.06. The number of amides is 2. The number of carbonyl (C=O) groups is 2. The Morgan fingerprint density at radius 2 is 1.66 bits per heavy atom. The predicted molar refractivity (Wildman–Crippen MR) is 126 cm³/mol. The lowest BCUT2D eigenvalue weighted by atomic mass is 10.0. The Kier molecular flexibility index (Phi) is 6.01. The highest BCUT2D eigenvalue weighted by molar-refractivity contribution is 6.36. The van der Waals surface area contributed by atoms with Crippen LogP contribution in [0.1, 0.15) is 22.3 Å². The Labute approximate surface area is 192 Å². The number of hydrogen-bond donors (Lipinski definition) is 1. The molecule has 0 atom stereocenters. The Morgan fingerprint density at radius 3 is 2.31 bits per heavy atom. The molecular formula is C26H23ClN2O3. The molecule has 5 nitrogen and oxygen atoms in total. The van der Waals surface area contributed by atoms with E-state index in [1.54, 1.807) is 37.4 Å². The highest BCUT2D eigenvalue weighted by atomic mass is 35.5. The van der Waals surface area contributed by atoms with Crippen molar-refractivity contribution in [2.45, 2.75) is 20.4 Å². The molecule has 4 rings (SSSR count). The van der Waals surface area contributed by atoms with E-state index in [2.05, 4.69) is 5.32 Å². The summed E-state index contributed by atoms with van der Waals surface area (Å²) in [5.41, 5.74) is 4.79. The van der Waals surface area contributed by atoms with Crippen LogP contribution in [0.3, 0.4) is 0 Å². The van der Waals surface area contributed by atoms with Gasteiger partial charge in [-0.2, -0.15) is 0 Å². The second-order valence-corrected chi connectivity index (χ2v) is 8.12. The van der Waals surface area contributed by atoms with Gasteiger partial charge in [0.25, 0.3) is 11.8 Å². The summed E-state index contributed by atoms with van der Waals surface area (Å²) in [6.07, 6.45) is 0. The van der Waals surface area contributed by atoms with E-state index in [4.69, 9.17) is 16.3 Å². The van der Waals surface area contributed by atoms with Crippen LogP contribution in [0.4, 0.5) is 5.69 Å². The molecule has 0 unspecified atom stereocenters. The van der Waals surface area contributed by atoms with Gasteiger partial charge in [-0.3, -0.25) is 14.5 Å². The maximum absolute atomic E-state index is 13.5. The largest absolute Gasteiger partial charge is 0.497 e. The Morgan fingerprint density at radius 1 is 0.938 bits per heavy atom. The number of anilines is 1. The van der Waals surface area contributed by atoms with Crippen LogP contribution in [-0.2, 0) is 16.1 Å². The zero-order chi connectivity index (χ0) is 22.8. The zero-order valence-electron chi connectivity index (χ0n) is 18.1. The average molecular weight is 447 g/mol. The lowest BCUT2D eigenvalue weighted by molar-refractivity contribution is -0.137. The summed E-state index contributed by atoms with van der Waals surface area (Å²) in [5.74, 6) is -0.0870. The summed E-state index contributed by atoms with van der Waals surface area (Å²) in [5, 5.41) is 3.74. The van der Waals surface area contributed by atoms with Crippen LogP contribution in [0.25, 0.3) is 5.57 Å². The molecule has 1 heterocycles. The second-order valence-electron chi connectivity index (χ2n) is 7.71. The molecule has 6 heteroatoms. The molecule has 0 fully saturated rings. The van der Waals surface area contributed by atoms with Gasteiger partial charge < -0.3 is 10.1 Å². The second kappa shape index (κ2) is 8.89. The van der Waals surface area contributed by atoms with Crippen LogP contribution in [0.2, 0.25) is 5.02 Å². The van der Waals surface area contributed by atoms with Gasteiger partial charge in [0.15, 0.2) is 0 Å². The molecule has 0 aromatic heterocycles. The zero-order valence-corrected chi connectivity index (χ0v) is 18.9. The molecule has 1 aliphatic rings. The van der Waals surface area contributed by atoms with Crippen LogP contribution in [-0.4, -0.2) is 23.8 Å². The first-order valence-electron chi connectivity index (χ1n) is 10.2. The van der Waals surface area contributed by atoms with E-state index in [-0.39, 0.29) is 24.1 Å². The SMILES string of the molecule is COc1ccc(C2=C(Nc3ccc(C)cc3C)C(=O)N(Cc3ccccc3Cl)C2=O)cc1. The van der Waals surface area contributed by atoms with Crippen LogP contribution < -0.4 is 10.1 Å². The fourth-order valence-electron chi connectivity index (χ4n) is 3.75. The molecule has 0 bridgehead atoms. The van der Waals surface area contributed by atoms with Gasteiger partial charge in [0, 0.05) is 10.7 Å². The molecule has 0 saturated heterocycles. The first-order valence-corrected chi connectivity index (χ1v) is 10.6. The van der Waals surface area contributed by atoms with Crippen LogP contribution in [0.5, 0.6) is 5.75 Å². The fourth-order valence-corrected chi connectivity index (χ4v) is 3.94. The van der Waals surface area contributed by atoms with E-state index < -0.39 is 0 Å². The van der Waals surface area contributed by atoms with Crippen LogP contribution in [0, 0.1) is 13.8 Å². The minimum absolute atomic E-state index is 0.0923. The Hall–Kier alpha value is -3.57. The van der Waals surface area contributed by atoms with Gasteiger partial charge in [-0.15, -0.1) is 0 Å². The predicted octanol–water partition coefficient (Wildman–Crippen LogP) is 5.36. The van der Waals surface area contributed by atoms with Crippen molar-refractivity contribution in [2.24, 2.45) is 0 Å². The van der Waals surface area contributed by atoms with Gasteiger partial charge in [-0.25, -0.2) is 0 Å². The van der Waals surface area contributed by atoms with Gasteiger partial charge in [-0.05, 0) is 54.8 Å². The maximum atomic E-state index is 13.5. The highest BCUT2D eigenvalue weighted by Crippen LogP contribution is 2.33. The number of halogens is 1. The molecular weight excluding hydrogens is 424 g/mol. The van der Waals surface area contributed by atoms with Gasteiger partial charge in [0.1, 0.15) is 11.4 Å². The number of benzene rings is 3. The molecule has 0 radical (unpaired) electrons. The minimum atomic E-state index is -0.388. The molecule has 1 aliphatic heterocycles. The van der Waals surface area contributed by atoms with Crippen molar-refractivity contribution >= 4 is 34.7 Å². The quantitative estimate of drug-likeness (QED) is 0.518. The number of rotatable bonds is 6. The van der Waals surface area contributed by atoms with E-state index in [0.717, 1.165) is 16.8 Å². The van der Waals surface area contributed by atoms with E-state index >= 15 is 0 Å². The monoisotopic (exact) mass is 446 g/mol. The summed E-state index contributed by atoms with van der Waals surface area (Å²) >= 11 is 6.29. The molecule has 162 valence electrons. The standard InChI is InChI=1S/C26H23ClN2O3/c1-16-8-13-22(17(2)14-16)28-24-23(18-9-11-20(32-3)12-10-18)25(30)29(26(24)31)15-19-6-4-5-7-21(19)27/h4-14,28H,15H2,1-3H3. The summed E-state index contributed by atoms with van der Waals surface area (Å²) in [4.78, 5) is 28.1. The van der Waals surface area contributed by atoms with Crippen molar-refractivity contribution in [3.63, 3.8) is 0 Å². The number of ether oxygens (including phenoxy) is 1. The van der Waals surface area contributed by atoms with Crippen molar-refractivity contribution in [3.8, 4) is 5.75 Å². The molecule has 0 saturated carbocycles. The van der Waals surface area contributed by atoms with Gasteiger partial charge in [-0.1, -0.05) is 59.6 Å². The molecule has 32 heavy (non-hydrogen) atoms. The summed E-state index contributed by atoms with van der Waals surface area (Å²) < 4.78 is 5.23. The van der Waals surface area contributed by atoms with Gasteiger partial charge in [0.2, 0.25) is 0 Å². The number of methoxy groups -OCH3 is 1. The number of nitrogens with zero attached hydrogens (tertiary/aromatic N) is 1. The number of imide groups is 1. The average Bonchev–Trinajstić information content (AvgIpc) is 3.01. The Bertz CT molecular complexity index is 1230. The number of hydrogen-bond acceptors (Lipinski definition) is 4. The van der Waals surface area contributed by atoms with Crippen molar-refractivity contribution in [1.82, 2.24) is 4.90 Å². The smallest absolute Gasteiger partial charge is 0.278 e. The molecule has 1 N–H and O–H groups in total. The topological polar surface area (TPSA) is 58.6 Å². The third-order valence-electron chi connectivity index (χ3n) is 5.47. The Balaban J connectivity index is 1.77. The van der Waals surface area contributed by atoms with Gasteiger partial charge in [0.05, 0.1) is 19.2 Å². The van der Waals surface area contributed by atoms with E-state index in [1.165, 1.54) is 4.90 Å². The van der Waals surface area contributed by atoms with Crippen molar-refractivity contribution in [3.05, 3.63) is 99.7 Å². The molecule has 0 spiro atoms. The van der Waals surface area contributed by atoms with Crippen molar-refractivity contribution < 1.29 is 14.3 Å². The third-order valence-corrected chi connectivity index (χ3v) is 5.84. The highest BCUT2D eigenvalue weighted by Gasteiger charge is 2.39. The number of carbonyl (C=O) groups excluding carboxylic acids is 2. The van der Waals surface area contributed by atoms with Crippen molar-refractivity contribution in [1.29, 1.82) is 0 Å². The fraction of sp³-hybridized carbons (Fsp3) is 0.154. The summed E-state index contributed by atoms with van der Waals surface area (Å²) in [7, 11) is 1.58. The van der Waals surface area contributed by atoms with Crippen molar-refractivity contribution in [2.75, 3.05) is 12.4 Å².